The van der Waals surface area contributed by atoms with Gasteiger partial charge in [0.25, 0.3) is 11.5 Å². The predicted octanol–water partition coefficient (Wildman–Crippen LogP) is 0.342. The van der Waals surface area contributed by atoms with Crippen LogP contribution in [0, 0.1) is 5.92 Å². The third-order valence-corrected chi connectivity index (χ3v) is 4.01. The van der Waals surface area contributed by atoms with Crippen LogP contribution in [0.15, 0.2) is 28.0 Å². The number of carbonyl (C=O) groups is 1. The molecular weight excluding hydrogens is 312 g/mol. The van der Waals surface area contributed by atoms with Crippen LogP contribution in [-0.2, 0) is 0 Å². The molecule has 2 aromatic rings. The first-order valence-electron chi connectivity index (χ1n) is 7.73. The highest BCUT2D eigenvalue weighted by atomic mass is 16.2. The molecule has 0 saturated carbocycles. The zero-order valence-corrected chi connectivity index (χ0v) is 13.2. The Morgan fingerprint density at radius 2 is 1.96 bits per heavy atom. The molecule has 1 fully saturated rings. The number of amides is 1. The number of hydrogen-bond acceptors (Lipinski definition) is 6. The number of rotatable bonds is 3. The van der Waals surface area contributed by atoms with Crippen molar-refractivity contribution in [2.24, 2.45) is 5.92 Å². The molecule has 9 heteroatoms. The van der Waals surface area contributed by atoms with E-state index < -0.39 is 17.2 Å². The molecule has 1 aliphatic heterocycles. The van der Waals surface area contributed by atoms with Crippen molar-refractivity contribution in [3.8, 4) is 0 Å². The van der Waals surface area contributed by atoms with Gasteiger partial charge in [-0.3, -0.25) is 14.6 Å². The number of nitrogens with one attached hydrogen (secondary N) is 3. The Kier molecular flexibility index (Phi) is 4.41. The highest BCUT2D eigenvalue weighted by molar-refractivity contribution is 6.02. The maximum atomic E-state index is 12.1. The van der Waals surface area contributed by atoms with E-state index in [4.69, 9.17) is 0 Å². The van der Waals surface area contributed by atoms with Gasteiger partial charge in [0.15, 0.2) is 0 Å². The minimum absolute atomic E-state index is 0.129. The van der Waals surface area contributed by atoms with Crippen LogP contribution in [0.25, 0.3) is 0 Å². The average Bonchev–Trinajstić information content (AvgIpc) is 2.55. The van der Waals surface area contributed by atoms with E-state index in [0.29, 0.717) is 11.7 Å². The number of piperidine rings is 1. The van der Waals surface area contributed by atoms with Gasteiger partial charge >= 0.3 is 5.69 Å². The summed E-state index contributed by atoms with van der Waals surface area (Å²) in [6.45, 7) is 4.05. The maximum Gasteiger partial charge on any atom is 0.326 e. The Morgan fingerprint density at radius 3 is 2.67 bits per heavy atom. The zero-order chi connectivity index (χ0) is 17.1. The first-order valence-corrected chi connectivity index (χ1v) is 7.73. The lowest BCUT2D eigenvalue weighted by atomic mass is 9.99. The van der Waals surface area contributed by atoms with Crippen LogP contribution in [0.5, 0.6) is 0 Å². The number of anilines is 2. The molecule has 0 aliphatic carbocycles. The molecule has 126 valence electrons. The first kappa shape index (κ1) is 15.9. The highest BCUT2D eigenvalue weighted by Gasteiger charge is 2.18. The summed E-state index contributed by atoms with van der Waals surface area (Å²) in [5.74, 6) is 1.14. The van der Waals surface area contributed by atoms with Gasteiger partial charge in [0.2, 0.25) is 0 Å². The molecule has 3 rings (SSSR count). The average molecular weight is 330 g/mol. The standard InChI is InChI=1S/C15H18N6O3/c1-9-2-4-21(5-3-9)12-7-11(16-8-17-12)19-14(23)10-6-13(22)20-15(24)18-10/h6-9H,2-5H2,1H3,(H,16,17,19,23)(H2,18,20,22,24). The molecule has 24 heavy (non-hydrogen) atoms. The molecule has 0 unspecified atom stereocenters. The van der Waals surface area contributed by atoms with E-state index in [9.17, 15) is 14.4 Å². The van der Waals surface area contributed by atoms with Gasteiger partial charge in [-0.05, 0) is 18.8 Å². The Hall–Kier alpha value is -2.97. The largest absolute Gasteiger partial charge is 0.356 e. The summed E-state index contributed by atoms with van der Waals surface area (Å²) in [7, 11) is 0. The molecule has 0 spiro atoms. The van der Waals surface area contributed by atoms with Gasteiger partial charge in [0, 0.05) is 25.2 Å². The fraction of sp³-hybridized carbons (Fsp3) is 0.400. The molecule has 9 nitrogen and oxygen atoms in total. The Balaban J connectivity index is 1.75. The minimum atomic E-state index is -0.738. The third-order valence-electron chi connectivity index (χ3n) is 4.01. The van der Waals surface area contributed by atoms with Crippen molar-refractivity contribution < 1.29 is 4.79 Å². The SMILES string of the molecule is CC1CCN(c2cc(NC(=O)c3cc(=O)[nH]c(=O)[nH]3)ncn2)CC1. The number of carbonyl (C=O) groups excluding carboxylic acids is 1. The monoisotopic (exact) mass is 330 g/mol. The van der Waals surface area contributed by atoms with Gasteiger partial charge in [-0.2, -0.15) is 0 Å². The molecule has 3 N–H and O–H groups in total. The van der Waals surface area contributed by atoms with Crippen molar-refractivity contribution in [3.63, 3.8) is 0 Å². The Morgan fingerprint density at radius 1 is 1.21 bits per heavy atom. The summed E-state index contributed by atoms with van der Waals surface area (Å²) in [6, 6.07) is 2.70. The lowest BCUT2D eigenvalue weighted by Gasteiger charge is -2.31. The summed E-state index contributed by atoms with van der Waals surface area (Å²) >= 11 is 0. The summed E-state index contributed by atoms with van der Waals surface area (Å²) in [5, 5.41) is 2.56. The molecule has 0 atom stereocenters. The smallest absolute Gasteiger partial charge is 0.326 e. The van der Waals surface area contributed by atoms with Gasteiger partial charge in [0.1, 0.15) is 23.7 Å². The van der Waals surface area contributed by atoms with E-state index in [2.05, 4.69) is 32.1 Å². The van der Waals surface area contributed by atoms with Crippen LogP contribution in [0.3, 0.4) is 0 Å². The van der Waals surface area contributed by atoms with Gasteiger partial charge in [-0.25, -0.2) is 14.8 Å². The Bertz CT molecular complexity index is 822. The van der Waals surface area contributed by atoms with E-state index in [1.54, 1.807) is 6.07 Å². The molecule has 1 saturated heterocycles. The van der Waals surface area contributed by atoms with Gasteiger partial charge in [0.05, 0.1) is 0 Å². The minimum Gasteiger partial charge on any atom is -0.356 e. The van der Waals surface area contributed by atoms with E-state index in [-0.39, 0.29) is 5.69 Å². The molecule has 3 heterocycles. The van der Waals surface area contributed by atoms with Crippen LogP contribution < -0.4 is 21.5 Å². The van der Waals surface area contributed by atoms with Crippen molar-refractivity contribution in [1.82, 2.24) is 19.9 Å². The summed E-state index contributed by atoms with van der Waals surface area (Å²) in [6.07, 6.45) is 3.57. The number of aromatic nitrogens is 4. The van der Waals surface area contributed by atoms with E-state index in [0.717, 1.165) is 37.8 Å². The van der Waals surface area contributed by atoms with Gasteiger partial charge in [-0.15, -0.1) is 0 Å². The molecule has 0 bridgehead atoms. The fourth-order valence-corrected chi connectivity index (χ4v) is 2.60. The molecule has 1 amide bonds. The van der Waals surface area contributed by atoms with Crippen molar-refractivity contribution in [3.05, 3.63) is 45.0 Å². The van der Waals surface area contributed by atoms with Crippen LogP contribution in [0.1, 0.15) is 30.3 Å². The number of hydrogen-bond donors (Lipinski definition) is 3. The molecule has 2 aromatic heterocycles. The second kappa shape index (κ2) is 6.65. The molecule has 0 radical (unpaired) electrons. The second-order valence-corrected chi connectivity index (χ2v) is 5.89. The highest BCUT2D eigenvalue weighted by Crippen LogP contribution is 2.22. The summed E-state index contributed by atoms with van der Waals surface area (Å²) in [5.41, 5.74) is -1.51. The number of nitrogens with zero attached hydrogens (tertiary/aromatic N) is 3. The maximum absolute atomic E-state index is 12.1. The number of aromatic amines is 2. The first-order chi connectivity index (χ1) is 11.5. The van der Waals surface area contributed by atoms with Crippen molar-refractivity contribution in [1.29, 1.82) is 0 Å². The summed E-state index contributed by atoms with van der Waals surface area (Å²) in [4.78, 5) is 49.3. The third kappa shape index (κ3) is 3.67. The fourth-order valence-electron chi connectivity index (χ4n) is 2.60. The van der Waals surface area contributed by atoms with Crippen molar-refractivity contribution in [2.75, 3.05) is 23.3 Å². The number of H-pyrrole nitrogens is 2. The summed E-state index contributed by atoms with van der Waals surface area (Å²) < 4.78 is 0. The quantitative estimate of drug-likeness (QED) is 0.745. The van der Waals surface area contributed by atoms with E-state index in [1.165, 1.54) is 6.33 Å². The predicted molar refractivity (Wildman–Crippen MR) is 88.3 cm³/mol. The van der Waals surface area contributed by atoms with Gasteiger partial charge < -0.3 is 15.2 Å². The second-order valence-electron chi connectivity index (χ2n) is 5.89. The molecule has 0 aromatic carbocycles. The molecular formula is C15H18N6O3. The molecule has 1 aliphatic rings. The normalized spacial score (nSPS) is 15.3. The van der Waals surface area contributed by atoms with Crippen molar-refractivity contribution >= 4 is 17.5 Å². The van der Waals surface area contributed by atoms with Crippen LogP contribution in [-0.4, -0.2) is 38.9 Å². The Labute approximate surface area is 137 Å². The van der Waals surface area contributed by atoms with Crippen LogP contribution in [0.2, 0.25) is 0 Å². The van der Waals surface area contributed by atoms with E-state index in [1.807, 2.05) is 4.98 Å². The van der Waals surface area contributed by atoms with Crippen LogP contribution in [0.4, 0.5) is 11.6 Å². The lowest BCUT2D eigenvalue weighted by Crippen LogP contribution is -2.33. The van der Waals surface area contributed by atoms with Gasteiger partial charge in [-0.1, -0.05) is 6.92 Å². The topological polar surface area (TPSA) is 124 Å². The lowest BCUT2D eigenvalue weighted by molar-refractivity contribution is 0.102. The zero-order valence-electron chi connectivity index (χ0n) is 13.2. The van der Waals surface area contributed by atoms with Crippen LogP contribution >= 0.6 is 0 Å². The van der Waals surface area contributed by atoms with Crippen molar-refractivity contribution in [2.45, 2.75) is 19.8 Å². The van der Waals surface area contributed by atoms with E-state index >= 15 is 0 Å².